The summed E-state index contributed by atoms with van der Waals surface area (Å²) in [7, 11) is 0. The fourth-order valence-electron chi connectivity index (χ4n) is 4.35. The average Bonchev–Trinajstić information content (AvgIpc) is 2.90. The number of carbonyl (C=O) groups is 2. The first-order valence-corrected chi connectivity index (χ1v) is 13.1. The van der Waals surface area contributed by atoms with Crippen molar-refractivity contribution in [3.8, 4) is 0 Å². The van der Waals surface area contributed by atoms with Gasteiger partial charge in [-0.1, -0.05) is 80.6 Å². The Morgan fingerprint density at radius 3 is 2.43 bits per heavy atom. The van der Waals surface area contributed by atoms with Crippen LogP contribution in [0.1, 0.15) is 62.1 Å². The second kappa shape index (κ2) is 14.2. The Bertz CT molecular complexity index is 1250. The molecule has 0 spiro atoms. The first-order valence-electron chi connectivity index (χ1n) is 13.1. The fourth-order valence-corrected chi connectivity index (χ4v) is 4.35. The molecule has 0 unspecified atom stereocenters. The molecule has 3 rings (SSSR count). The van der Waals surface area contributed by atoms with E-state index in [0.717, 1.165) is 36.8 Å². The number of hydrogen-bond donors (Lipinski definition) is 0. The lowest BCUT2D eigenvalue weighted by Gasteiger charge is -2.27. The number of unbranched alkanes of at least 4 members (excludes halogenated alkanes) is 4. The normalized spacial score (nSPS) is 10.9. The van der Waals surface area contributed by atoms with Crippen molar-refractivity contribution < 1.29 is 14.0 Å². The van der Waals surface area contributed by atoms with Crippen molar-refractivity contribution in [2.24, 2.45) is 0 Å². The van der Waals surface area contributed by atoms with Crippen LogP contribution in [-0.2, 0) is 22.7 Å². The lowest BCUT2D eigenvalue weighted by Crippen LogP contribution is -2.43. The van der Waals surface area contributed by atoms with E-state index in [1.54, 1.807) is 28.0 Å². The van der Waals surface area contributed by atoms with E-state index in [2.05, 4.69) is 13.5 Å². The van der Waals surface area contributed by atoms with Crippen molar-refractivity contribution in [3.05, 3.63) is 94.4 Å². The SMILES string of the molecule is C=CCN(CC(=O)N(Cc1ccccc1)Cc1coc2ccc(C)cc2c1=O)C(=O)CCCCCCC. The summed E-state index contributed by atoms with van der Waals surface area (Å²) in [5.74, 6) is -0.279. The molecule has 0 radical (unpaired) electrons. The highest BCUT2D eigenvalue weighted by atomic mass is 16.3. The second-order valence-corrected chi connectivity index (χ2v) is 9.55. The van der Waals surface area contributed by atoms with Gasteiger partial charge in [0.05, 0.1) is 23.8 Å². The Morgan fingerprint density at radius 1 is 0.946 bits per heavy atom. The zero-order chi connectivity index (χ0) is 26.6. The van der Waals surface area contributed by atoms with Crippen molar-refractivity contribution >= 4 is 22.8 Å². The third-order valence-corrected chi connectivity index (χ3v) is 6.45. The van der Waals surface area contributed by atoms with Crippen LogP contribution in [0.25, 0.3) is 11.0 Å². The molecule has 1 heterocycles. The van der Waals surface area contributed by atoms with E-state index < -0.39 is 0 Å². The number of nitrogens with zero attached hydrogens (tertiary/aromatic N) is 2. The van der Waals surface area contributed by atoms with Crippen molar-refractivity contribution in [2.75, 3.05) is 13.1 Å². The summed E-state index contributed by atoms with van der Waals surface area (Å²) in [6.45, 7) is 8.49. The largest absolute Gasteiger partial charge is 0.464 e. The van der Waals surface area contributed by atoms with Crippen LogP contribution in [0.2, 0.25) is 0 Å². The van der Waals surface area contributed by atoms with E-state index in [9.17, 15) is 14.4 Å². The number of aryl methyl sites for hydroxylation is 1. The highest BCUT2D eigenvalue weighted by Gasteiger charge is 2.22. The molecule has 0 atom stereocenters. The van der Waals surface area contributed by atoms with E-state index in [1.165, 1.54) is 12.7 Å². The maximum atomic E-state index is 13.6. The first-order chi connectivity index (χ1) is 17.9. The lowest BCUT2D eigenvalue weighted by molar-refractivity contribution is -0.140. The summed E-state index contributed by atoms with van der Waals surface area (Å²) < 4.78 is 5.72. The average molecular weight is 503 g/mol. The number of amides is 2. The van der Waals surface area contributed by atoms with Gasteiger partial charge in [0, 0.05) is 19.5 Å². The number of rotatable bonds is 14. The first kappa shape index (κ1) is 27.9. The Labute approximate surface area is 219 Å². The highest BCUT2D eigenvalue weighted by molar-refractivity contribution is 5.85. The van der Waals surface area contributed by atoms with Gasteiger partial charge in [0.25, 0.3) is 0 Å². The number of carbonyl (C=O) groups excluding carboxylic acids is 2. The topological polar surface area (TPSA) is 70.8 Å². The summed E-state index contributed by atoms with van der Waals surface area (Å²) in [6, 6.07) is 15.1. The summed E-state index contributed by atoms with van der Waals surface area (Å²) in [5, 5.41) is 0.496. The molecule has 0 saturated heterocycles. The van der Waals surface area contributed by atoms with Crippen LogP contribution >= 0.6 is 0 Å². The molecule has 0 aliphatic carbocycles. The maximum Gasteiger partial charge on any atom is 0.242 e. The lowest BCUT2D eigenvalue weighted by atomic mass is 10.1. The molecule has 3 aromatic rings. The Balaban J connectivity index is 1.80. The molecule has 0 aliphatic heterocycles. The molecule has 0 N–H and O–H groups in total. The second-order valence-electron chi connectivity index (χ2n) is 9.55. The minimum Gasteiger partial charge on any atom is -0.464 e. The minimum absolute atomic E-state index is 0.0508. The van der Waals surface area contributed by atoms with E-state index in [4.69, 9.17) is 4.42 Å². The summed E-state index contributed by atoms with van der Waals surface area (Å²) >= 11 is 0. The van der Waals surface area contributed by atoms with E-state index in [0.29, 0.717) is 36.0 Å². The third-order valence-electron chi connectivity index (χ3n) is 6.45. The van der Waals surface area contributed by atoms with Gasteiger partial charge >= 0.3 is 0 Å². The molecule has 0 saturated carbocycles. The smallest absolute Gasteiger partial charge is 0.242 e. The summed E-state index contributed by atoms with van der Waals surface area (Å²) in [6.07, 6.45) is 8.74. The number of fused-ring (bicyclic) bond motifs is 1. The van der Waals surface area contributed by atoms with Crippen molar-refractivity contribution in [1.82, 2.24) is 9.80 Å². The number of benzene rings is 2. The Morgan fingerprint density at radius 2 is 1.70 bits per heavy atom. The van der Waals surface area contributed by atoms with E-state index >= 15 is 0 Å². The summed E-state index contributed by atoms with van der Waals surface area (Å²) in [5.41, 5.74) is 2.67. The van der Waals surface area contributed by atoms with Gasteiger partial charge in [0.15, 0.2) is 5.43 Å². The third kappa shape index (κ3) is 8.17. The molecule has 2 amide bonds. The monoisotopic (exact) mass is 502 g/mol. The van der Waals surface area contributed by atoms with Gasteiger partial charge in [-0.05, 0) is 31.0 Å². The molecule has 0 fully saturated rings. The molecule has 1 aromatic heterocycles. The van der Waals surface area contributed by atoms with Crippen molar-refractivity contribution in [3.63, 3.8) is 0 Å². The molecule has 37 heavy (non-hydrogen) atoms. The maximum absolute atomic E-state index is 13.6. The van der Waals surface area contributed by atoms with Crippen LogP contribution in [-0.4, -0.2) is 34.7 Å². The molecule has 0 aliphatic rings. The standard InChI is InChI=1S/C31H38N2O4/c1-4-6-7-8-12-15-29(34)32(18-5-2)22-30(35)33(20-25-13-10-9-11-14-25)21-26-23-37-28-17-16-24(3)19-27(28)31(26)36/h5,9-11,13-14,16-17,19,23H,2,4,6-8,12,15,18,20-22H2,1,3H3. The van der Waals surface area contributed by atoms with Crippen LogP contribution in [0, 0.1) is 6.92 Å². The quantitative estimate of drug-likeness (QED) is 0.200. The van der Waals surface area contributed by atoms with Crippen molar-refractivity contribution in [1.29, 1.82) is 0 Å². The zero-order valence-corrected chi connectivity index (χ0v) is 22.1. The van der Waals surface area contributed by atoms with Crippen LogP contribution in [0.4, 0.5) is 0 Å². The van der Waals surface area contributed by atoms with Gasteiger partial charge in [-0.2, -0.15) is 0 Å². The highest BCUT2D eigenvalue weighted by Crippen LogP contribution is 2.16. The van der Waals surface area contributed by atoms with E-state index in [1.807, 2.05) is 43.3 Å². The molecule has 0 bridgehead atoms. The van der Waals surface area contributed by atoms with E-state index in [-0.39, 0.29) is 30.3 Å². The molecule has 6 heteroatoms. The van der Waals surface area contributed by atoms with Crippen LogP contribution in [0.3, 0.4) is 0 Å². The molecule has 196 valence electrons. The predicted octanol–water partition coefficient (Wildman–Crippen LogP) is 6.01. The van der Waals surface area contributed by atoms with Crippen LogP contribution in [0.15, 0.2) is 76.7 Å². The minimum atomic E-state index is -0.228. The Kier molecular flexibility index (Phi) is 10.7. The predicted molar refractivity (Wildman–Crippen MR) is 148 cm³/mol. The fraction of sp³-hybridized carbons (Fsp3) is 0.387. The molecule has 2 aromatic carbocycles. The zero-order valence-electron chi connectivity index (χ0n) is 22.1. The molecular weight excluding hydrogens is 464 g/mol. The van der Waals surface area contributed by atoms with Gasteiger partial charge in [0.1, 0.15) is 12.1 Å². The Hall–Kier alpha value is -3.67. The molecular formula is C31H38N2O4. The van der Waals surface area contributed by atoms with Crippen LogP contribution < -0.4 is 5.43 Å². The van der Waals surface area contributed by atoms with Crippen LogP contribution in [0.5, 0.6) is 0 Å². The number of hydrogen-bond acceptors (Lipinski definition) is 4. The van der Waals surface area contributed by atoms with Gasteiger partial charge < -0.3 is 14.2 Å². The van der Waals surface area contributed by atoms with Gasteiger partial charge in [0.2, 0.25) is 11.8 Å². The molecule has 6 nitrogen and oxygen atoms in total. The van der Waals surface area contributed by atoms with Gasteiger partial charge in [-0.3, -0.25) is 14.4 Å². The summed E-state index contributed by atoms with van der Waals surface area (Å²) in [4.78, 5) is 42.9. The van der Waals surface area contributed by atoms with Gasteiger partial charge in [-0.15, -0.1) is 6.58 Å². The van der Waals surface area contributed by atoms with Crippen molar-refractivity contribution in [2.45, 2.75) is 65.5 Å². The van der Waals surface area contributed by atoms with Gasteiger partial charge in [-0.25, -0.2) is 0 Å².